The Kier molecular flexibility index (Phi) is 3.27. The van der Waals surface area contributed by atoms with Crippen molar-refractivity contribution < 1.29 is 0 Å². The van der Waals surface area contributed by atoms with Crippen LogP contribution < -0.4 is 5.32 Å². The van der Waals surface area contributed by atoms with Gasteiger partial charge in [0.05, 0.1) is 33.3 Å². The highest BCUT2D eigenvalue weighted by Gasteiger charge is 2.12. The minimum Gasteiger partial charge on any atom is -0.306 e. The molecule has 3 aromatic rings. The van der Waals surface area contributed by atoms with E-state index in [0.29, 0.717) is 0 Å². The lowest BCUT2D eigenvalue weighted by Gasteiger charge is -2.20. The summed E-state index contributed by atoms with van der Waals surface area (Å²) in [6.45, 7) is 7.16. The molecular formula is C14H17N5S. The molecule has 1 aromatic carbocycles. The van der Waals surface area contributed by atoms with E-state index in [4.69, 9.17) is 0 Å². The van der Waals surface area contributed by atoms with Gasteiger partial charge < -0.3 is 5.32 Å². The number of benzene rings is 1. The van der Waals surface area contributed by atoms with E-state index in [1.165, 1.54) is 0 Å². The van der Waals surface area contributed by atoms with Crippen LogP contribution in [0.3, 0.4) is 0 Å². The van der Waals surface area contributed by atoms with E-state index < -0.39 is 0 Å². The lowest BCUT2D eigenvalue weighted by atomic mass is 10.1. The summed E-state index contributed by atoms with van der Waals surface area (Å²) >= 11 is 1.63. The summed E-state index contributed by atoms with van der Waals surface area (Å²) in [5.74, 6) is 0. The second-order valence-corrected chi connectivity index (χ2v) is 6.63. The molecule has 0 amide bonds. The predicted molar refractivity (Wildman–Crippen MR) is 81.1 cm³/mol. The summed E-state index contributed by atoms with van der Waals surface area (Å²) < 4.78 is 3.03. The van der Waals surface area contributed by atoms with E-state index >= 15 is 0 Å². The Bertz CT molecular complexity index is 722. The zero-order chi connectivity index (χ0) is 14.2. The number of hydrogen-bond donors (Lipinski definition) is 1. The molecule has 0 saturated carbocycles. The SMILES string of the molecule is CC(C)(C)NCc1cnnn1-c1ccc2ncsc2c1. The third kappa shape index (κ3) is 2.71. The van der Waals surface area contributed by atoms with Gasteiger partial charge >= 0.3 is 0 Å². The molecule has 0 fully saturated rings. The van der Waals surface area contributed by atoms with E-state index in [9.17, 15) is 0 Å². The number of thiazole rings is 1. The van der Waals surface area contributed by atoms with Gasteiger partial charge in [0, 0.05) is 12.1 Å². The van der Waals surface area contributed by atoms with Gasteiger partial charge in [-0.1, -0.05) is 5.21 Å². The summed E-state index contributed by atoms with van der Waals surface area (Å²) in [4.78, 5) is 4.29. The van der Waals surface area contributed by atoms with Crippen molar-refractivity contribution in [2.24, 2.45) is 0 Å². The van der Waals surface area contributed by atoms with Gasteiger partial charge in [-0.3, -0.25) is 0 Å². The molecule has 0 atom stereocenters. The Balaban J connectivity index is 1.92. The molecule has 104 valence electrons. The molecular weight excluding hydrogens is 270 g/mol. The number of fused-ring (bicyclic) bond motifs is 1. The molecule has 0 aliphatic carbocycles. The van der Waals surface area contributed by atoms with E-state index in [2.05, 4.69) is 47.5 Å². The van der Waals surface area contributed by atoms with Crippen molar-refractivity contribution in [2.45, 2.75) is 32.9 Å². The van der Waals surface area contributed by atoms with Crippen molar-refractivity contribution in [2.75, 3.05) is 0 Å². The fraction of sp³-hybridized carbons (Fsp3) is 0.357. The van der Waals surface area contributed by atoms with Gasteiger partial charge in [-0.2, -0.15) is 0 Å². The number of nitrogens with zero attached hydrogens (tertiary/aromatic N) is 4. The maximum atomic E-state index is 4.29. The largest absolute Gasteiger partial charge is 0.306 e. The van der Waals surface area contributed by atoms with Crippen LogP contribution in [0.15, 0.2) is 29.9 Å². The van der Waals surface area contributed by atoms with Crippen molar-refractivity contribution in [1.29, 1.82) is 0 Å². The Morgan fingerprint density at radius 3 is 2.95 bits per heavy atom. The second kappa shape index (κ2) is 4.96. The maximum Gasteiger partial charge on any atom is 0.0813 e. The molecule has 0 aliphatic heterocycles. The molecule has 0 radical (unpaired) electrons. The molecule has 1 N–H and O–H groups in total. The monoisotopic (exact) mass is 287 g/mol. The van der Waals surface area contributed by atoms with Gasteiger partial charge in [-0.15, -0.1) is 16.4 Å². The molecule has 6 heteroatoms. The molecule has 2 aromatic heterocycles. The predicted octanol–water partition coefficient (Wildman–Crippen LogP) is 2.77. The summed E-state index contributed by atoms with van der Waals surface area (Å²) in [6, 6.07) is 6.14. The zero-order valence-electron chi connectivity index (χ0n) is 11.8. The highest BCUT2D eigenvalue weighted by Crippen LogP contribution is 2.21. The van der Waals surface area contributed by atoms with Crippen LogP contribution in [-0.2, 0) is 6.54 Å². The molecule has 0 bridgehead atoms. The van der Waals surface area contributed by atoms with Crippen LogP contribution in [0.4, 0.5) is 0 Å². The van der Waals surface area contributed by atoms with Crippen LogP contribution in [0.1, 0.15) is 26.5 Å². The van der Waals surface area contributed by atoms with Crippen molar-refractivity contribution in [1.82, 2.24) is 25.3 Å². The smallest absolute Gasteiger partial charge is 0.0813 e. The van der Waals surface area contributed by atoms with Gasteiger partial charge in [0.1, 0.15) is 0 Å². The van der Waals surface area contributed by atoms with Crippen molar-refractivity contribution in [3.05, 3.63) is 35.6 Å². The van der Waals surface area contributed by atoms with Crippen LogP contribution in [0.5, 0.6) is 0 Å². The Morgan fingerprint density at radius 1 is 1.30 bits per heavy atom. The highest BCUT2D eigenvalue weighted by atomic mass is 32.1. The third-order valence-corrected chi connectivity index (χ3v) is 3.77. The molecule has 2 heterocycles. The zero-order valence-corrected chi connectivity index (χ0v) is 12.6. The highest BCUT2D eigenvalue weighted by molar-refractivity contribution is 7.16. The lowest BCUT2D eigenvalue weighted by Crippen LogP contribution is -2.35. The molecule has 0 saturated heterocycles. The van der Waals surface area contributed by atoms with E-state index in [-0.39, 0.29) is 5.54 Å². The Hall–Kier alpha value is -1.79. The maximum absolute atomic E-state index is 4.29. The quantitative estimate of drug-likeness (QED) is 0.805. The van der Waals surface area contributed by atoms with Gasteiger partial charge in [-0.05, 0) is 39.0 Å². The summed E-state index contributed by atoms with van der Waals surface area (Å²) in [7, 11) is 0. The average molecular weight is 287 g/mol. The number of nitrogens with one attached hydrogen (secondary N) is 1. The summed E-state index contributed by atoms with van der Waals surface area (Å²) in [5, 5.41) is 11.7. The van der Waals surface area contributed by atoms with Crippen molar-refractivity contribution in [3.8, 4) is 5.69 Å². The standard InChI is InChI=1S/C14H17N5S/c1-14(2,3)16-7-11-8-17-18-19(11)10-4-5-12-13(6-10)20-9-15-12/h4-6,8-9,16H,7H2,1-3H3. The summed E-state index contributed by atoms with van der Waals surface area (Å²) in [6.07, 6.45) is 1.80. The first-order valence-corrected chi connectivity index (χ1v) is 7.39. The van der Waals surface area contributed by atoms with Crippen molar-refractivity contribution >= 4 is 21.6 Å². The van der Waals surface area contributed by atoms with Gasteiger partial charge in [-0.25, -0.2) is 9.67 Å². The number of hydrogen-bond acceptors (Lipinski definition) is 5. The fourth-order valence-corrected chi connectivity index (χ4v) is 2.64. The fourth-order valence-electron chi connectivity index (χ4n) is 1.93. The van der Waals surface area contributed by atoms with Crippen molar-refractivity contribution in [3.63, 3.8) is 0 Å². The minimum absolute atomic E-state index is 0.0662. The van der Waals surface area contributed by atoms with Crippen LogP contribution >= 0.6 is 11.3 Å². The van der Waals surface area contributed by atoms with Crippen LogP contribution in [0.2, 0.25) is 0 Å². The normalized spacial score (nSPS) is 12.2. The number of rotatable bonds is 3. The van der Waals surface area contributed by atoms with Gasteiger partial charge in [0.2, 0.25) is 0 Å². The Labute approximate surface area is 121 Å². The first-order valence-electron chi connectivity index (χ1n) is 6.51. The van der Waals surface area contributed by atoms with Crippen LogP contribution in [0.25, 0.3) is 15.9 Å². The molecule has 0 unspecified atom stereocenters. The molecule has 0 aliphatic rings. The van der Waals surface area contributed by atoms with E-state index in [1.807, 2.05) is 22.3 Å². The third-order valence-electron chi connectivity index (χ3n) is 2.98. The van der Waals surface area contributed by atoms with Gasteiger partial charge in [0.25, 0.3) is 0 Å². The first kappa shape index (κ1) is 13.2. The van der Waals surface area contributed by atoms with E-state index in [0.717, 1.165) is 28.1 Å². The van der Waals surface area contributed by atoms with E-state index in [1.54, 1.807) is 17.5 Å². The summed E-state index contributed by atoms with van der Waals surface area (Å²) in [5.41, 5.74) is 5.01. The number of aromatic nitrogens is 4. The topological polar surface area (TPSA) is 55.6 Å². The van der Waals surface area contributed by atoms with Gasteiger partial charge in [0.15, 0.2) is 0 Å². The van der Waals surface area contributed by atoms with Crippen LogP contribution in [-0.4, -0.2) is 25.5 Å². The first-order chi connectivity index (χ1) is 9.53. The minimum atomic E-state index is 0.0662. The lowest BCUT2D eigenvalue weighted by molar-refractivity contribution is 0.418. The molecule has 3 rings (SSSR count). The molecule has 5 nitrogen and oxygen atoms in total. The Morgan fingerprint density at radius 2 is 2.15 bits per heavy atom. The molecule has 0 spiro atoms. The molecule has 20 heavy (non-hydrogen) atoms. The van der Waals surface area contributed by atoms with Crippen LogP contribution in [0, 0.1) is 0 Å². The second-order valence-electron chi connectivity index (χ2n) is 5.75. The average Bonchev–Trinajstić information content (AvgIpc) is 3.03.